The van der Waals surface area contributed by atoms with Crippen LogP contribution in [0.5, 0.6) is 0 Å². The summed E-state index contributed by atoms with van der Waals surface area (Å²) < 4.78 is 0. The van der Waals surface area contributed by atoms with E-state index in [-0.39, 0.29) is 16.7 Å². The van der Waals surface area contributed by atoms with E-state index in [1.807, 2.05) is 6.92 Å². The summed E-state index contributed by atoms with van der Waals surface area (Å²) in [6.45, 7) is 6.46. The minimum Gasteiger partial charge on any atom is -0.545 e. The number of hydrogen-bond donors (Lipinski definition) is 6. The van der Waals surface area contributed by atoms with Crippen molar-refractivity contribution in [3.05, 3.63) is 111 Å². The average Bonchev–Trinajstić information content (AvgIpc) is 3.43. The number of benzene rings is 3. The van der Waals surface area contributed by atoms with Crippen LogP contribution in [-0.4, -0.2) is 66.4 Å². The first kappa shape index (κ1) is 34.9. The Kier molecular flexibility index (Phi) is 11.8. The van der Waals surface area contributed by atoms with E-state index in [9.17, 15) is 33.9 Å². The summed E-state index contributed by atoms with van der Waals surface area (Å²) in [6.07, 6.45) is 0. The predicted octanol–water partition coefficient (Wildman–Crippen LogP) is 3.16. The monoisotopic (exact) mass is 620 g/mol. The number of aryl methyl sites for hydroxylation is 1. The van der Waals surface area contributed by atoms with E-state index in [2.05, 4.69) is 54.4 Å². The molecule has 0 unspecified atom stereocenters. The van der Waals surface area contributed by atoms with Gasteiger partial charge in [-0.25, -0.2) is 24.0 Å². The van der Waals surface area contributed by atoms with Crippen molar-refractivity contribution in [2.24, 2.45) is 0 Å². The molecule has 45 heavy (non-hydrogen) atoms. The number of aromatic carboxylic acids is 6. The van der Waals surface area contributed by atoms with Crippen molar-refractivity contribution in [3.63, 3.8) is 0 Å². The summed E-state index contributed by atoms with van der Waals surface area (Å²) in [5.74, 6) is -7.96. The maximum absolute atomic E-state index is 10.6. The molecule has 1 aromatic heterocycles. The van der Waals surface area contributed by atoms with Gasteiger partial charge in [0.25, 0.3) is 0 Å². The zero-order valence-electron chi connectivity index (χ0n) is 24.0. The van der Waals surface area contributed by atoms with Crippen LogP contribution in [0.4, 0.5) is 0 Å². The predicted molar refractivity (Wildman–Crippen MR) is 154 cm³/mol. The lowest BCUT2D eigenvalue weighted by atomic mass is 10.0. The molecule has 4 rings (SSSR count). The number of carboxylic acids is 6. The highest BCUT2D eigenvalue weighted by Crippen LogP contribution is 2.20. The summed E-state index contributed by atoms with van der Waals surface area (Å²) in [5.41, 5.74) is 2.50. The number of aromatic amines is 2. The Morgan fingerprint density at radius 3 is 1.18 bits per heavy atom. The molecule has 0 amide bonds. The second kappa shape index (κ2) is 15.2. The third kappa shape index (κ3) is 10.2. The Balaban J connectivity index is 0.000000235. The number of carbonyl (C=O) groups is 6. The second-order valence-corrected chi connectivity index (χ2v) is 9.68. The minimum atomic E-state index is -1.62. The summed E-state index contributed by atoms with van der Waals surface area (Å²) in [4.78, 5) is 63.2. The summed E-state index contributed by atoms with van der Waals surface area (Å²) in [5, 5.41) is 59.7. The van der Waals surface area contributed by atoms with Gasteiger partial charge in [-0.3, -0.25) is 0 Å². The molecule has 0 bridgehead atoms. The molecule has 0 aliphatic carbocycles. The Morgan fingerprint density at radius 1 is 0.600 bits per heavy atom. The van der Waals surface area contributed by atoms with Gasteiger partial charge in [0.1, 0.15) is 0 Å². The lowest BCUT2D eigenvalue weighted by molar-refractivity contribution is -0.437. The molecular weight excluding hydrogens is 592 g/mol. The molecule has 0 atom stereocenters. The maximum atomic E-state index is 10.6. The fourth-order valence-electron chi connectivity index (χ4n) is 3.65. The van der Waals surface area contributed by atoms with Gasteiger partial charge in [0.15, 0.2) is 0 Å². The maximum Gasteiger partial charge on any atom is 0.335 e. The zero-order valence-corrected chi connectivity index (χ0v) is 24.0. The van der Waals surface area contributed by atoms with Gasteiger partial charge >= 0.3 is 29.8 Å². The molecule has 7 N–H and O–H groups in total. The Hall–Kier alpha value is -6.31. The van der Waals surface area contributed by atoms with Crippen LogP contribution < -0.4 is 10.2 Å². The van der Waals surface area contributed by atoms with Gasteiger partial charge < -0.3 is 35.4 Å². The van der Waals surface area contributed by atoms with Crippen molar-refractivity contribution in [2.75, 3.05) is 0 Å². The fraction of sp³-hybridized carbons (Fsp3) is 0.129. The van der Waals surface area contributed by atoms with Gasteiger partial charge in [-0.2, -0.15) is 5.10 Å². The minimum absolute atomic E-state index is 0.368. The third-order valence-corrected chi connectivity index (χ3v) is 5.98. The normalized spacial score (nSPS) is 10.0. The molecule has 4 aromatic rings. The smallest absolute Gasteiger partial charge is 0.335 e. The molecule has 0 aliphatic heterocycles. The van der Waals surface area contributed by atoms with E-state index in [4.69, 9.17) is 25.5 Å². The van der Waals surface area contributed by atoms with Gasteiger partial charge in [0, 0.05) is 11.6 Å². The molecule has 0 aliphatic rings. The lowest BCUT2D eigenvalue weighted by Gasteiger charge is -2.05. The van der Waals surface area contributed by atoms with Gasteiger partial charge in [-0.1, -0.05) is 26.0 Å². The van der Waals surface area contributed by atoms with E-state index in [0.717, 1.165) is 47.8 Å². The number of H-pyrrole nitrogens is 2. The van der Waals surface area contributed by atoms with Crippen molar-refractivity contribution in [1.29, 1.82) is 0 Å². The van der Waals surface area contributed by atoms with Crippen LogP contribution in [0.25, 0.3) is 11.3 Å². The first-order chi connectivity index (χ1) is 21.0. The Labute approximate surface area is 254 Å². The highest BCUT2D eigenvalue weighted by molar-refractivity contribution is 5.99. The number of carbonyl (C=O) groups excluding carboxylic acids is 1. The molecule has 234 valence electrons. The molecule has 1 heterocycles. The zero-order chi connectivity index (χ0) is 34.0. The lowest BCUT2D eigenvalue weighted by Crippen LogP contribution is -2.23. The van der Waals surface area contributed by atoms with Crippen molar-refractivity contribution in [2.45, 2.75) is 26.7 Å². The van der Waals surface area contributed by atoms with Gasteiger partial charge in [-0.05, 0) is 72.5 Å². The van der Waals surface area contributed by atoms with Crippen LogP contribution in [0.15, 0.2) is 66.7 Å². The van der Waals surface area contributed by atoms with Crippen LogP contribution >= 0.6 is 0 Å². The highest BCUT2D eigenvalue weighted by atomic mass is 16.4. The van der Waals surface area contributed by atoms with Crippen molar-refractivity contribution in [1.82, 2.24) is 5.10 Å². The standard InChI is InChI=1S/C13H16N2.2C9H6O6/c1-9(2)11-4-6-12(7-5-11)13-8-10(3)14-15-13;2*10-7(11)4-1-5(8(12)13)3-6(2-4)9(14)15/h4-9H,1-3H3,(H,14,15);2*1-3H,(H,10,11)(H,12,13)(H,14,15). The summed E-state index contributed by atoms with van der Waals surface area (Å²) >= 11 is 0. The second-order valence-electron chi connectivity index (χ2n) is 9.68. The molecule has 0 spiro atoms. The fourth-order valence-corrected chi connectivity index (χ4v) is 3.65. The Bertz CT molecular complexity index is 1510. The quantitative estimate of drug-likeness (QED) is 0.166. The largest absolute Gasteiger partial charge is 0.545 e. The summed E-state index contributed by atoms with van der Waals surface area (Å²) in [6, 6.07) is 16.1. The van der Waals surface area contributed by atoms with E-state index in [1.54, 1.807) is 0 Å². The van der Waals surface area contributed by atoms with Gasteiger partial charge in [-0.15, -0.1) is 5.10 Å². The molecule has 3 aromatic carbocycles. The number of nitrogens with one attached hydrogen (secondary N) is 2. The van der Waals surface area contributed by atoms with Crippen LogP contribution in [-0.2, 0) is 0 Å². The molecule has 0 saturated heterocycles. The molecule has 0 saturated carbocycles. The SMILES string of the molecule is Cc1cc(-c2ccc(C(C)C)cc2)[nH+][nH]1.O=C(O)c1cc(C(=O)O)cc(C(=O)O)c1.O=C([O-])c1cc(C(=O)O)cc(C(=O)O)c1. The van der Waals surface area contributed by atoms with Crippen LogP contribution in [0.1, 0.15) is 93.2 Å². The number of hydrogen-bond acceptors (Lipinski definition) is 7. The van der Waals surface area contributed by atoms with E-state index in [0.29, 0.717) is 5.92 Å². The van der Waals surface area contributed by atoms with Crippen LogP contribution in [0.3, 0.4) is 0 Å². The van der Waals surface area contributed by atoms with Gasteiger partial charge in [0.05, 0.1) is 39.5 Å². The topological polar surface area (TPSA) is 257 Å². The average molecular weight is 621 g/mol. The number of rotatable bonds is 8. The first-order valence-corrected chi connectivity index (χ1v) is 12.9. The van der Waals surface area contributed by atoms with E-state index in [1.165, 1.54) is 11.1 Å². The van der Waals surface area contributed by atoms with E-state index >= 15 is 0 Å². The molecule has 14 heteroatoms. The number of carboxylic acid groups (broad SMARTS) is 6. The van der Waals surface area contributed by atoms with E-state index < -0.39 is 52.5 Å². The van der Waals surface area contributed by atoms with Crippen molar-refractivity contribution in [3.8, 4) is 11.3 Å². The van der Waals surface area contributed by atoms with Crippen molar-refractivity contribution < 1.29 is 64.5 Å². The third-order valence-electron chi connectivity index (χ3n) is 5.98. The molecule has 14 nitrogen and oxygen atoms in total. The van der Waals surface area contributed by atoms with Crippen molar-refractivity contribution >= 4 is 35.8 Å². The first-order valence-electron chi connectivity index (χ1n) is 12.9. The van der Waals surface area contributed by atoms with Crippen LogP contribution in [0.2, 0.25) is 0 Å². The molecule has 0 radical (unpaired) electrons. The highest BCUT2D eigenvalue weighted by Gasteiger charge is 2.15. The molecule has 0 fully saturated rings. The number of aromatic nitrogens is 2. The Morgan fingerprint density at radius 2 is 0.933 bits per heavy atom. The molecular formula is C31H28N2O12. The van der Waals surface area contributed by atoms with Gasteiger partial charge in [0.2, 0.25) is 5.69 Å². The van der Waals surface area contributed by atoms with Crippen LogP contribution in [0, 0.1) is 6.92 Å². The summed E-state index contributed by atoms with van der Waals surface area (Å²) in [7, 11) is 0.